The van der Waals surface area contributed by atoms with Gasteiger partial charge in [0.25, 0.3) is 0 Å². The summed E-state index contributed by atoms with van der Waals surface area (Å²) in [6, 6.07) is 0. The van der Waals surface area contributed by atoms with Gasteiger partial charge in [-0.25, -0.2) is 0 Å². The van der Waals surface area contributed by atoms with E-state index in [2.05, 4.69) is 4.74 Å². The number of ether oxygens (including phenoxy) is 1. The van der Waals surface area contributed by atoms with Crippen LogP contribution in [0.1, 0.15) is 38.5 Å². The highest BCUT2D eigenvalue weighted by Gasteiger charge is 2.12. The number of unbranched alkanes of at least 4 members (excludes halogenated alkanes) is 1. The van der Waals surface area contributed by atoms with E-state index < -0.39 is 0 Å². The molecule has 0 aromatic heterocycles. The smallest absolute Gasteiger partial charge is 0.305 e. The Balaban J connectivity index is 2.09. The topological polar surface area (TPSA) is 43.4 Å². The molecule has 0 radical (unpaired) electrons. The average molecular weight is 222 g/mol. The molecule has 1 rings (SSSR count). The van der Waals surface area contributed by atoms with Crippen LogP contribution >= 0.6 is 0 Å². The summed E-state index contributed by atoms with van der Waals surface area (Å²) in [6.07, 6.45) is 10.5. The van der Waals surface area contributed by atoms with Crippen molar-refractivity contribution < 1.29 is 14.3 Å². The standard InChI is InChI=1S/C13H18O3/c1-16-13(15)10-5-3-2-4-7-11-8-6-9-12(11)14/h2,4,8H,3,5-7,9-10H2,1H3. The van der Waals surface area contributed by atoms with Crippen LogP contribution in [-0.2, 0) is 14.3 Å². The highest BCUT2D eigenvalue weighted by molar-refractivity contribution is 5.97. The molecule has 0 fully saturated rings. The molecule has 0 aromatic carbocycles. The largest absolute Gasteiger partial charge is 0.469 e. The van der Waals surface area contributed by atoms with E-state index >= 15 is 0 Å². The van der Waals surface area contributed by atoms with E-state index in [1.54, 1.807) is 0 Å². The Labute approximate surface area is 96.2 Å². The molecule has 0 saturated heterocycles. The molecule has 0 amide bonds. The SMILES string of the molecule is COC(=O)CCCC=CCC1=CCCC1=O. The number of rotatable bonds is 6. The minimum atomic E-state index is -0.165. The summed E-state index contributed by atoms with van der Waals surface area (Å²) in [4.78, 5) is 22.1. The lowest BCUT2D eigenvalue weighted by molar-refractivity contribution is -0.140. The lowest BCUT2D eigenvalue weighted by atomic mass is 10.1. The maximum Gasteiger partial charge on any atom is 0.305 e. The first kappa shape index (κ1) is 12.7. The minimum absolute atomic E-state index is 0.165. The van der Waals surface area contributed by atoms with E-state index in [1.807, 2.05) is 18.2 Å². The van der Waals surface area contributed by atoms with Crippen molar-refractivity contribution in [2.75, 3.05) is 7.11 Å². The predicted molar refractivity (Wildman–Crippen MR) is 61.9 cm³/mol. The second-order valence-corrected chi connectivity index (χ2v) is 3.84. The van der Waals surface area contributed by atoms with Gasteiger partial charge in [-0.05, 0) is 31.3 Å². The van der Waals surface area contributed by atoms with Gasteiger partial charge in [-0.3, -0.25) is 9.59 Å². The van der Waals surface area contributed by atoms with E-state index in [-0.39, 0.29) is 11.8 Å². The predicted octanol–water partition coefficient (Wildman–Crippen LogP) is 2.57. The van der Waals surface area contributed by atoms with Crippen LogP contribution < -0.4 is 0 Å². The van der Waals surface area contributed by atoms with Crippen molar-refractivity contribution in [3.8, 4) is 0 Å². The van der Waals surface area contributed by atoms with Crippen LogP contribution in [0.2, 0.25) is 0 Å². The van der Waals surface area contributed by atoms with E-state index in [0.29, 0.717) is 12.8 Å². The van der Waals surface area contributed by atoms with Crippen LogP contribution in [0, 0.1) is 0 Å². The van der Waals surface area contributed by atoms with Crippen molar-refractivity contribution in [1.29, 1.82) is 0 Å². The van der Waals surface area contributed by atoms with Gasteiger partial charge >= 0.3 is 5.97 Å². The summed E-state index contributed by atoms with van der Waals surface area (Å²) in [6.45, 7) is 0. The number of ketones is 1. The van der Waals surface area contributed by atoms with Crippen molar-refractivity contribution in [3.05, 3.63) is 23.8 Å². The first-order valence-corrected chi connectivity index (χ1v) is 5.68. The third-order valence-corrected chi connectivity index (χ3v) is 2.60. The Morgan fingerprint density at radius 3 is 2.94 bits per heavy atom. The molecular weight excluding hydrogens is 204 g/mol. The van der Waals surface area contributed by atoms with E-state index in [1.165, 1.54) is 7.11 Å². The fraction of sp³-hybridized carbons (Fsp3) is 0.538. The number of esters is 1. The molecule has 3 nitrogen and oxygen atoms in total. The molecule has 0 atom stereocenters. The molecule has 3 heteroatoms. The molecule has 1 aliphatic carbocycles. The summed E-state index contributed by atoms with van der Waals surface area (Å²) in [7, 11) is 1.40. The molecule has 88 valence electrons. The van der Waals surface area contributed by atoms with Crippen molar-refractivity contribution in [3.63, 3.8) is 0 Å². The van der Waals surface area contributed by atoms with Crippen LogP contribution in [0.25, 0.3) is 0 Å². The number of allylic oxidation sites excluding steroid dienone is 4. The first-order chi connectivity index (χ1) is 7.74. The number of carbonyl (C=O) groups is 2. The highest BCUT2D eigenvalue weighted by atomic mass is 16.5. The molecule has 0 bridgehead atoms. The summed E-state index contributed by atoms with van der Waals surface area (Å²) in [5, 5.41) is 0. The lowest BCUT2D eigenvalue weighted by Gasteiger charge is -1.96. The molecule has 0 unspecified atom stereocenters. The van der Waals surface area contributed by atoms with Gasteiger partial charge in [0.15, 0.2) is 5.78 Å². The molecule has 1 aliphatic rings. The van der Waals surface area contributed by atoms with Gasteiger partial charge < -0.3 is 4.74 Å². The number of hydrogen-bond donors (Lipinski definition) is 0. The summed E-state index contributed by atoms with van der Waals surface area (Å²) < 4.78 is 4.54. The van der Waals surface area contributed by atoms with Crippen LogP contribution in [-0.4, -0.2) is 18.9 Å². The average Bonchev–Trinajstić information content (AvgIpc) is 2.69. The highest BCUT2D eigenvalue weighted by Crippen LogP contribution is 2.17. The molecule has 0 aromatic rings. The van der Waals surface area contributed by atoms with Gasteiger partial charge in [-0.2, -0.15) is 0 Å². The Morgan fingerprint density at radius 1 is 1.50 bits per heavy atom. The number of hydrogen-bond acceptors (Lipinski definition) is 3. The lowest BCUT2D eigenvalue weighted by Crippen LogP contribution is -1.98. The molecular formula is C13H18O3. The molecule has 0 saturated carbocycles. The van der Waals surface area contributed by atoms with Crippen LogP contribution in [0.4, 0.5) is 0 Å². The Bertz CT molecular complexity index is 313. The molecule has 0 heterocycles. The van der Waals surface area contributed by atoms with Crippen LogP contribution in [0.3, 0.4) is 0 Å². The Hall–Kier alpha value is -1.38. The van der Waals surface area contributed by atoms with E-state index in [0.717, 1.165) is 31.3 Å². The maximum absolute atomic E-state index is 11.3. The molecule has 0 N–H and O–H groups in total. The second kappa shape index (κ2) is 6.99. The number of carbonyl (C=O) groups excluding carboxylic acids is 2. The molecule has 16 heavy (non-hydrogen) atoms. The van der Waals surface area contributed by atoms with Crippen molar-refractivity contribution in [2.24, 2.45) is 0 Å². The second-order valence-electron chi connectivity index (χ2n) is 3.84. The zero-order valence-electron chi connectivity index (χ0n) is 9.70. The van der Waals surface area contributed by atoms with Gasteiger partial charge in [-0.15, -0.1) is 0 Å². The van der Waals surface area contributed by atoms with Crippen molar-refractivity contribution in [2.45, 2.75) is 38.5 Å². The Kier molecular flexibility index (Phi) is 5.54. The molecule has 0 aliphatic heterocycles. The van der Waals surface area contributed by atoms with E-state index in [9.17, 15) is 9.59 Å². The summed E-state index contributed by atoms with van der Waals surface area (Å²) in [5.41, 5.74) is 0.934. The van der Waals surface area contributed by atoms with E-state index in [4.69, 9.17) is 0 Å². The fourth-order valence-corrected chi connectivity index (χ4v) is 1.64. The number of methoxy groups -OCH3 is 1. The first-order valence-electron chi connectivity index (χ1n) is 5.68. The van der Waals surface area contributed by atoms with Gasteiger partial charge in [0, 0.05) is 12.8 Å². The monoisotopic (exact) mass is 222 g/mol. The Morgan fingerprint density at radius 2 is 2.31 bits per heavy atom. The zero-order valence-corrected chi connectivity index (χ0v) is 9.70. The van der Waals surface area contributed by atoms with Gasteiger partial charge in [0.1, 0.15) is 0 Å². The fourth-order valence-electron chi connectivity index (χ4n) is 1.64. The summed E-state index contributed by atoms with van der Waals surface area (Å²) >= 11 is 0. The maximum atomic E-state index is 11.3. The van der Waals surface area contributed by atoms with Crippen LogP contribution in [0.15, 0.2) is 23.8 Å². The zero-order chi connectivity index (χ0) is 11.8. The third-order valence-electron chi connectivity index (χ3n) is 2.60. The van der Waals surface area contributed by atoms with Crippen LogP contribution in [0.5, 0.6) is 0 Å². The third kappa shape index (κ3) is 4.43. The van der Waals surface area contributed by atoms with Gasteiger partial charge in [0.2, 0.25) is 0 Å². The van der Waals surface area contributed by atoms with Gasteiger partial charge in [-0.1, -0.05) is 18.2 Å². The summed E-state index contributed by atoms with van der Waals surface area (Å²) in [5.74, 6) is 0.112. The normalized spacial score (nSPS) is 15.6. The quantitative estimate of drug-likeness (QED) is 0.394. The number of Topliss-reactive ketones (excluding diaryl/α,β-unsaturated/α-hetero) is 1. The van der Waals surface area contributed by atoms with Gasteiger partial charge in [0.05, 0.1) is 7.11 Å². The minimum Gasteiger partial charge on any atom is -0.469 e. The van der Waals surface area contributed by atoms with Crippen molar-refractivity contribution >= 4 is 11.8 Å². The molecule has 0 spiro atoms. The van der Waals surface area contributed by atoms with Crippen molar-refractivity contribution in [1.82, 2.24) is 0 Å².